The molecule has 1 atom stereocenters. The summed E-state index contributed by atoms with van der Waals surface area (Å²) in [5.74, 6) is 0.658. The van der Waals surface area contributed by atoms with Crippen molar-refractivity contribution in [1.29, 1.82) is 0 Å². The minimum Gasteiger partial charge on any atom is -0.488 e. The van der Waals surface area contributed by atoms with E-state index in [2.05, 4.69) is 11.9 Å². The van der Waals surface area contributed by atoms with Crippen molar-refractivity contribution in [3.8, 4) is 5.75 Å². The second kappa shape index (κ2) is 7.33. The monoisotopic (exact) mass is 255 g/mol. The molecule has 4 heteroatoms. The van der Waals surface area contributed by atoms with E-state index in [1.165, 1.54) is 0 Å². The highest BCUT2D eigenvalue weighted by molar-refractivity contribution is 6.32. The van der Waals surface area contributed by atoms with Gasteiger partial charge in [-0.1, -0.05) is 30.3 Å². The molecule has 0 aromatic heterocycles. The smallest absolute Gasteiger partial charge is 0.138 e. The van der Waals surface area contributed by atoms with E-state index in [4.69, 9.17) is 21.4 Å². The summed E-state index contributed by atoms with van der Waals surface area (Å²) in [5.41, 5.74) is 1.06. The van der Waals surface area contributed by atoms with Crippen molar-refractivity contribution in [2.45, 2.75) is 19.5 Å². The Morgan fingerprint density at radius 2 is 2.35 bits per heavy atom. The summed E-state index contributed by atoms with van der Waals surface area (Å²) in [6.07, 6.45) is 1.68. The van der Waals surface area contributed by atoms with Crippen molar-refractivity contribution in [1.82, 2.24) is 5.32 Å². The van der Waals surface area contributed by atoms with Gasteiger partial charge in [0.25, 0.3) is 0 Å². The topological polar surface area (TPSA) is 41.5 Å². The van der Waals surface area contributed by atoms with Gasteiger partial charge >= 0.3 is 0 Å². The van der Waals surface area contributed by atoms with Crippen molar-refractivity contribution in [2.75, 3.05) is 13.2 Å². The van der Waals surface area contributed by atoms with Crippen LogP contribution in [-0.2, 0) is 6.54 Å². The minimum atomic E-state index is 0.0745. The zero-order valence-electron chi connectivity index (χ0n) is 9.95. The lowest BCUT2D eigenvalue weighted by Crippen LogP contribution is -2.28. The first-order chi connectivity index (χ1) is 8.17. The molecule has 1 aromatic rings. The first kappa shape index (κ1) is 14.0. The Labute approximate surface area is 107 Å². The molecule has 1 unspecified atom stereocenters. The summed E-state index contributed by atoms with van der Waals surface area (Å²) in [6.45, 7) is 6.73. The van der Waals surface area contributed by atoms with Gasteiger partial charge in [0.2, 0.25) is 0 Å². The Balaban J connectivity index is 2.58. The number of benzene rings is 1. The van der Waals surface area contributed by atoms with E-state index in [-0.39, 0.29) is 12.6 Å². The highest BCUT2D eigenvalue weighted by Crippen LogP contribution is 2.25. The van der Waals surface area contributed by atoms with Crippen LogP contribution in [0, 0.1) is 0 Å². The normalized spacial score (nSPS) is 12.2. The SMILES string of the molecule is C=CCOc1ccc(CNC(C)CO)cc1Cl. The summed E-state index contributed by atoms with van der Waals surface area (Å²) < 4.78 is 5.38. The summed E-state index contributed by atoms with van der Waals surface area (Å²) in [7, 11) is 0. The zero-order valence-corrected chi connectivity index (χ0v) is 10.7. The molecule has 1 rings (SSSR count). The molecular formula is C13H18ClNO2. The van der Waals surface area contributed by atoms with Crippen molar-refractivity contribution >= 4 is 11.6 Å². The van der Waals surface area contributed by atoms with E-state index in [1.807, 2.05) is 25.1 Å². The third-order valence-corrected chi connectivity index (χ3v) is 2.58. The molecule has 0 saturated carbocycles. The fourth-order valence-electron chi connectivity index (χ4n) is 1.28. The number of rotatable bonds is 7. The second-order valence-electron chi connectivity index (χ2n) is 3.83. The first-order valence-electron chi connectivity index (χ1n) is 5.53. The largest absolute Gasteiger partial charge is 0.488 e. The number of halogens is 1. The third kappa shape index (κ3) is 4.77. The fourth-order valence-corrected chi connectivity index (χ4v) is 1.53. The molecule has 0 bridgehead atoms. The lowest BCUT2D eigenvalue weighted by molar-refractivity contribution is 0.251. The summed E-state index contributed by atoms with van der Waals surface area (Å²) in [4.78, 5) is 0. The average Bonchev–Trinajstić information content (AvgIpc) is 2.34. The highest BCUT2D eigenvalue weighted by Gasteiger charge is 2.04. The Morgan fingerprint density at radius 1 is 1.59 bits per heavy atom. The third-order valence-electron chi connectivity index (χ3n) is 2.28. The van der Waals surface area contributed by atoms with Gasteiger partial charge in [-0.15, -0.1) is 0 Å². The number of hydrogen-bond acceptors (Lipinski definition) is 3. The van der Waals surface area contributed by atoms with Gasteiger partial charge in [-0.3, -0.25) is 0 Å². The van der Waals surface area contributed by atoms with E-state index in [0.29, 0.717) is 23.9 Å². The highest BCUT2D eigenvalue weighted by atomic mass is 35.5. The van der Waals surface area contributed by atoms with Gasteiger partial charge in [0, 0.05) is 12.6 Å². The van der Waals surface area contributed by atoms with Crippen LogP contribution in [0.3, 0.4) is 0 Å². The van der Waals surface area contributed by atoms with Crippen molar-refractivity contribution < 1.29 is 9.84 Å². The number of ether oxygens (including phenoxy) is 1. The number of hydrogen-bond donors (Lipinski definition) is 2. The molecular weight excluding hydrogens is 238 g/mol. The van der Waals surface area contributed by atoms with Crippen LogP contribution in [0.25, 0.3) is 0 Å². The standard InChI is InChI=1S/C13H18ClNO2/c1-3-6-17-13-5-4-11(7-12(13)14)8-15-10(2)9-16/h3-5,7,10,15-16H,1,6,8-9H2,2H3. The molecule has 0 fully saturated rings. The van der Waals surface area contributed by atoms with Crippen LogP contribution >= 0.6 is 11.6 Å². The van der Waals surface area contributed by atoms with Gasteiger partial charge in [0.1, 0.15) is 12.4 Å². The molecule has 0 aliphatic carbocycles. The van der Waals surface area contributed by atoms with E-state index < -0.39 is 0 Å². The summed E-state index contributed by atoms with van der Waals surface area (Å²) in [6, 6.07) is 5.72. The van der Waals surface area contributed by atoms with Crippen LogP contribution in [0.15, 0.2) is 30.9 Å². The number of aliphatic hydroxyl groups is 1. The molecule has 0 spiro atoms. The Bertz CT molecular complexity index is 368. The lowest BCUT2D eigenvalue weighted by atomic mass is 10.2. The molecule has 3 nitrogen and oxygen atoms in total. The van der Waals surface area contributed by atoms with Gasteiger partial charge in [0.05, 0.1) is 11.6 Å². The molecule has 1 aromatic carbocycles. The summed E-state index contributed by atoms with van der Waals surface area (Å²) in [5, 5.41) is 12.6. The number of aliphatic hydroxyl groups excluding tert-OH is 1. The first-order valence-corrected chi connectivity index (χ1v) is 5.91. The van der Waals surface area contributed by atoms with Crippen LogP contribution in [-0.4, -0.2) is 24.4 Å². The second-order valence-corrected chi connectivity index (χ2v) is 4.24. The van der Waals surface area contributed by atoms with E-state index in [0.717, 1.165) is 5.56 Å². The van der Waals surface area contributed by atoms with Gasteiger partial charge < -0.3 is 15.2 Å². The van der Waals surface area contributed by atoms with Crippen molar-refractivity contribution in [3.63, 3.8) is 0 Å². The molecule has 2 N–H and O–H groups in total. The Hall–Kier alpha value is -1.03. The maximum atomic E-state index is 8.89. The van der Waals surface area contributed by atoms with Gasteiger partial charge in [-0.25, -0.2) is 0 Å². The van der Waals surface area contributed by atoms with Crippen LogP contribution < -0.4 is 10.1 Å². The van der Waals surface area contributed by atoms with Gasteiger partial charge in [-0.05, 0) is 24.6 Å². The predicted molar refractivity (Wildman–Crippen MR) is 70.5 cm³/mol. The van der Waals surface area contributed by atoms with E-state index in [1.54, 1.807) is 6.08 Å². The van der Waals surface area contributed by atoms with Crippen molar-refractivity contribution in [2.24, 2.45) is 0 Å². The molecule has 0 aliphatic rings. The molecule has 0 saturated heterocycles. The molecule has 0 heterocycles. The molecule has 17 heavy (non-hydrogen) atoms. The average molecular weight is 256 g/mol. The lowest BCUT2D eigenvalue weighted by Gasteiger charge is -2.12. The van der Waals surface area contributed by atoms with Gasteiger partial charge in [0.15, 0.2) is 0 Å². The van der Waals surface area contributed by atoms with Crippen LogP contribution in [0.5, 0.6) is 5.75 Å². The predicted octanol–water partition coefficient (Wildman–Crippen LogP) is 2.38. The summed E-state index contributed by atoms with van der Waals surface area (Å²) >= 11 is 6.08. The molecule has 0 amide bonds. The maximum Gasteiger partial charge on any atom is 0.138 e. The van der Waals surface area contributed by atoms with Crippen LogP contribution in [0.1, 0.15) is 12.5 Å². The van der Waals surface area contributed by atoms with Gasteiger partial charge in [-0.2, -0.15) is 0 Å². The number of nitrogens with one attached hydrogen (secondary N) is 1. The van der Waals surface area contributed by atoms with E-state index in [9.17, 15) is 0 Å². The minimum absolute atomic E-state index is 0.0745. The molecule has 94 valence electrons. The van der Waals surface area contributed by atoms with E-state index >= 15 is 0 Å². The molecule has 0 radical (unpaired) electrons. The quantitative estimate of drug-likeness (QED) is 0.735. The molecule has 0 aliphatic heterocycles. The Kier molecular flexibility index (Phi) is 6.05. The maximum absolute atomic E-state index is 8.89. The zero-order chi connectivity index (χ0) is 12.7. The fraction of sp³-hybridized carbons (Fsp3) is 0.385. The van der Waals surface area contributed by atoms with Crippen molar-refractivity contribution in [3.05, 3.63) is 41.4 Å². The van der Waals surface area contributed by atoms with Crippen LogP contribution in [0.2, 0.25) is 5.02 Å². The Morgan fingerprint density at radius 3 is 2.94 bits per heavy atom. The van der Waals surface area contributed by atoms with Crippen LogP contribution in [0.4, 0.5) is 0 Å².